The Balaban J connectivity index is 1.37. The van der Waals surface area contributed by atoms with Crippen molar-refractivity contribution in [3.63, 3.8) is 0 Å². The van der Waals surface area contributed by atoms with Crippen LogP contribution in [-0.2, 0) is 14.1 Å². The van der Waals surface area contributed by atoms with Crippen molar-refractivity contribution >= 4 is 70.9 Å². The Morgan fingerprint density at radius 3 is 0.438 bits per heavy atom. The Labute approximate surface area is 443 Å². The van der Waals surface area contributed by atoms with Gasteiger partial charge in [0.1, 0.15) is 0 Å². The summed E-state index contributed by atoms with van der Waals surface area (Å²) in [5.41, 5.74) is 0. The molecule has 0 aromatic heterocycles. The van der Waals surface area contributed by atoms with Crippen molar-refractivity contribution in [2.45, 2.75) is 88.8 Å². The molecule has 0 saturated heterocycles. The van der Waals surface area contributed by atoms with Gasteiger partial charge in [0, 0.05) is 0 Å². The van der Waals surface area contributed by atoms with Crippen LogP contribution in [0.2, 0.25) is 11.7 Å². The number of hydrogen-bond donors (Lipinski definition) is 0. The first kappa shape index (κ1) is 48.1. The van der Waals surface area contributed by atoms with Crippen LogP contribution in [-0.4, -0.2) is 24.2 Å². The van der Waals surface area contributed by atoms with Gasteiger partial charge in [-0.2, -0.15) is 0 Å². The van der Waals surface area contributed by atoms with E-state index in [0.717, 1.165) is 0 Å². The molecular weight excluding hydrogens is 965 g/mol. The predicted octanol–water partition coefficient (Wildman–Crippen LogP) is 11.9. The normalized spacial score (nSPS) is 17.4. The topological polar surface area (TPSA) is 0 Å². The van der Waals surface area contributed by atoms with Crippen LogP contribution in [0.25, 0.3) is 0 Å². The van der Waals surface area contributed by atoms with Crippen LogP contribution in [0.5, 0.6) is 0 Å². The minimum atomic E-state index is -3.10. The Hall–Kier alpha value is -5.84. The van der Waals surface area contributed by atoms with Crippen LogP contribution < -0.4 is 46.7 Å². The molecule has 9 aromatic carbocycles. The third-order valence-corrected chi connectivity index (χ3v) is 47.1. The van der Waals surface area contributed by atoms with E-state index in [1.807, 2.05) is 0 Å². The number of hydrogen-bond acceptors (Lipinski definition) is 0. The van der Waals surface area contributed by atoms with E-state index in [2.05, 4.69) is 273 Å². The van der Waals surface area contributed by atoms with Crippen molar-refractivity contribution in [2.24, 2.45) is 0 Å². The average molecular weight is 1030 g/mol. The molecule has 4 heteroatoms. The van der Waals surface area contributed by atoms with Crippen molar-refractivity contribution < 1.29 is 14.1 Å². The van der Waals surface area contributed by atoms with E-state index in [0.29, 0.717) is 0 Å². The second-order valence-electron chi connectivity index (χ2n) is 21.5. The van der Waals surface area contributed by atoms with Crippen molar-refractivity contribution in [1.29, 1.82) is 0 Å². The Bertz CT molecular complexity index is 2520. The number of rotatable bonds is 15. The van der Waals surface area contributed by atoms with Crippen LogP contribution in [0.4, 0.5) is 0 Å². The first-order valence-corrected chi connectivity index (χ1v) is 35.3. The fraction of sp³-hybridized carbons (Fsp3) is 0.217. The SMILES string of the molecule is c1ccc([Si](c2ccccc2)(c2ccccc2)[C]2([Cr]([C]3([Si](c4ccccc4)(c4ccccc4)c4ccccc4)CCCC3)[C]3([Si](c4ccccc4)(c4ccccc4)c4ccccc4)CCCC3)CCCC2)cc1. The third kappa shape index (κ3) is 7.38. The van der Waals surface area contributed by atoms with E-state index in [1.54, 1.807) is 46.7 Å². The van der Waals surface area contributed by atoms with Gasteiger partial charge in [-0.15, -0.1) is 0 Å². The third-order valence-electron chi connectivity index (χ3n) is 18.3. The molecule has 0 radical (unpaired) electrons. The van der Waals surface area contributed by atoms with Crippen molar-refractivity contribution in [1.82, 2.24) is 0 Å². The summed E-state index contributed by atoms with van der Waals surface area (Å²) in [7, 11) is -9.29. The van der Waals surface area contributed by atoms with Crippen LogP contribution in [0.1, 0.15) is 77.0 Å². The van der Waals surface area contributed by atoms with Gasteiger partial charge in [0.25, 0.3) is 0 Å². The van der Waals surface area contributed by atoms with E-state index in [9.17, 15) is 0 Å². The van der Waals surface area contributed by atoms with Gasteiger partial charge in [-0.25, -0.2) is 0 Å². The molecule has 0 N–H and O–H groups in total. The Kier molecular flexibility index (Phi) is 13.5. The molecule has 3 saturated carbocycles. The van der Waals surface area contributed by atoms with E-state index in [-0.39, 0.29) is 11.7 Å². The van der Waals surface area contributed by atoms with Crippen LogP contribution >= 0.6 is 0 Å². The monoisotopic (exact) mass is 1030 g/mol. The minimum absolute atomic E-state index is 0.0128. The van der Waals surface area contributed by atoms with Gasteiger partial charge in [0.05, 0.1) is 0 Å². The molecular formula is C69H69CrSi3. The number of benzene rings is 9. The standard InChI is InChI=1S/3C23H23Si.Cr/c3*1-4-12-20(13-5-1)24(23-18-10-11-19-23,21-14-6-2-7-15-21)22-16-8-3-9-17-22;/h3*1-9,12-17H,10-11,18-19H2;. The van der Waals surface area contributed by atoms with E-state index < -0.39 is 38.4 Å². The van der Waals surface area contributed by atoms with Gasteiger partial charge in [-0.3, -0.25) is 0 Å². The molecule has 0 nitrogen and oxygen atoms in total. The van der Waals surface area contributed by atoms with Crippen LogP contribution in [0.3, 0.4) is 0 Å². The Morgan fingerprint density at radius 2 is 0.315 bits per heavy atom. The second-order valence-corrected chi connectivity index (χ2v) is 40.4. The molecule has 0 spiro atoms. The summed E-state index contributed by atoms with van der Waals surface area (Å²) in [5.74, 6) is 0. The molecule has 12 rings (SSSR count). The zero-order valence-corrected chi connectivity index (χ0v) is 46.6. The zero-order valence-electron chi connectivity index (χ0n) is 42.4. The summed E-state index contributed by atoms with van der Waals surface area (Å²) >= 11 is -2.23. The summed E-state index contributed by atoms with van der Waals surface area (Å²) in [4.78, 5) is 0. The summed E-state index contributed by atoms with van der Waals surface area (Å²) in [6, 6.07) is 111. The van der Waals surface area contributed by atoms with Crippen molar-refractivity contribution in [3.05, 3.63) is 273 Å². The maximum absolute atomic E-state index is 3.10. The molecule has 0 atom stereocenters. The quantitative estimate of drug-likeness (QED) is 0.0709. The van der Waals surface area contributed by atoms with Gasteiger partial charge in [0.2, 0.25) is 0 Å². The van der Waals surface area contributed by atoms with E-state index in [1.165, 1.54) is 77.0 Å². The molecule has 9 aromatic rings. The Morgan fingerprint density at radius 1 is 0.192 bits per heavy atom. The van der Waals surface area contributed by atoms with Gasteiger partial charge in [-0.1, -0.05) is 0 Å². The molecule has 363 valence electrons. The summed E-state index contributed by atoms with van der Waals surface area (Å²) < 4.78 is 0.0385. The van der Waals surface area contributed by atoms with Gasteiger partial charge in [0.15, 0.2) is 0 Å². The van der Waals surface area contributed by atoms with Gasteiger partial charge < -0.3 is 0 Å². The molecule has 3 aliphatic rings. The fourth-order valence-corrected chi connectivity index (χ4v) is 56.6. The first-order chi connectivity index (χ1) is 36.2. The molecule has 0 aliphatic heterocycles. The van der Waals surface area contributed by atoms with Gasteiger partial charge in [-0.05, 0) is 0 Å². The zero-order chi connectivity index (χ0) is 49.1. The van der Waals surface area contributed by atoms with E-state index >= 15 is 0 Å². The first-order valence-electron chi connectivity index (χ1n) is 27.4. The molecule has 3 aliphatic carbocycles. The molecule has 0 heterocycles. The molecule has 3 fully saturated rings. The molecule has 0 amide bonds. The van der Waals surface area contributed by atoms with E-state index in [4.69, 9.17) is 0 Å². The second kappa shape index (κ2) is 20.5. The van der Waals surface area contributed by atoms with Gasteiger partial charge >= 0.3 is 447 Å². The predicted molar refractivity (Wildman–Crippen MR) is 315 cm³/mol. The maximum atomic E-state index is 2.63. The van der Waals surface area contributed by atoms with Crippen LogP contribution in [0, 0.1) is 0 Å². The van der Waals surface area contributed by atoms with Crippen LogP contribution in [0.15, 0.2) is 273 Å². The molecule has 73 heavy (non-hydrogen) atoms. The van der Waals surface area contributed by atoms with Crippen molar-refractivity contribution in [2.75, 3.05) is 0 Å². The summed E-state index contributed by atoms with van der Waals surface area (Å²) in [5, 5.41) is 14.5. The summed E-state index contributed by atoms with van der Waals surface area (Å²) in [6.07, 6.45) is 15.3. The fourth-order valence-electron chi connectivity index (χ4n) is 16.2. The average Bonchev–Trinajstić information content (AvgIpc) is 4.30. The molecule has 0 bridgehead atoms. The molecule has 0 unspecified atom stereocenters. The summed E-state index contributed by atoms with van der Waals surface area (Å²) in [6.45, 7) is 0. The van der Waals surface area contributed by atoms with Crippen molar-refractivity contribution in [3.8, 4) is 0 Å².